The summed E-state index contributed by atoms with van der Waals surface area (Å²) in [5, 5.41) is 0. The van der Waals surface area contributed by atoms with Gasteiger partial charge in [-0.15, -0.1) is 0 Å². The number of carbonyl (C=O) groups excluding carboxylic acids is 1. The van der Waals surface area contributed by atoms with Gasteiger partial charge in [0.2, 0.25) is 0 Å². The summed E-state index contributed by atoms with van der Waals surface area (Å²) in [4.78, 5) is 12.9. The lowest BCUT2D eigenvalue weighted by Crippen LogP contribution is -2.10. The van der Waals surface area contributed by atoms with Gasteiger partial charge in [-0.1, -0.05) is 22.0 Å². The van der Waals surface area contributed by atoms with E-state index in [2.05, 4.69) is 15.9 Å². The molecule has 0 aliphatic heterocycles. The zero-order valence-electron chi connectivity index (χ0n) is 12.4. The van der Waals surface area contributed by atoms with Crippen molar-refractivity contribution in [3.63, 3.8) is 0 Å². The third-order valence-electron chi connectivity index (χ3n) is 3.54. The first-order chi connectivity index (χ1) is 9.86. The molecule has 0 aliphatic carbocycles. The van der Waals surface area contributed by atoms with Crippen molar-refractivity contribution in [2.24, 2.45) is 0 Å². The van der Waals surface area contributed by atoms with Gasteiger partial charge in [0.25, 0.3) is 0 Å². The van der Waals surface area contributed by atoms with Crippen molar-refractivity contribution in [2.75, 3.05) is 7.11 Å². The molecule has 0 heterocycles. The van der Waals surface area contributed by atoms with Crippen LogP contribution in [0.2, 0.25) is 0 Å². The van der Waals surface area contributed by atoms with Crippen LogP contribution in [0.3, 0.4) is 0 Å². The number of methoxy groups -OCH3 is 1. The fourth-order valence-corrected chi connectivity index (χ4v) is 2.90. The van der Waals surface area contributed by atoms with Crippen LogP contribution in [0, 0.1) is 26.6 Å². The number of hydrogen-bond acceptors (Lipinski definition) is 2. The Morgan fingerprint density at radius 3 is 2.43 bits per heavy atom. The van der Waals surface area contributed by atoms with Crippen LogP contribution in [0.5, 0.6) is 5.75 Å². The summed E-state index contributed by atoms with van der Waals surface area (Å²) < 4.78 is 19.7. The maximum Gasteiger partial charge on any atom is 0.197 e. The van der Waals surface area contributed by atoms with E-state index < -0.39 is 5.82 Å². The van der Waals surface area contributed by atoms with E-state index in [1.807, 2.05) is 19.9 Å². The Morgan fingerprint density at radius 2 is 1.81 bits per heavy atom. The van der Waals surface area contributed by atoms with E-state index in [0.29, 0.717) is 16.9 Å². The lowest BCUT2D eigenvalue weighted by Gasteiger charge is -2.16. The molecule has 0 aromatic heterocycles. The minimum atomic E-state index is -0.424. The van der Waals surface area contributed by atoms with Crippen molar-refractivity contribution < 1.29 is 13.9 Å². The lowest BCUT2D eigenvalue weighted by molar-refractivity contribution is 0.103. The minimum Gasteiger partial charge on any atom is -0.496 e. The van der Waals surface area contributed by atoms with E-state index in [1.165, 1.54) is 19.2 Å². The summed E-state index contributed by atoms with van der Waals surface area (Å²) >= 11 is 3.45. The maximum atomic E-state index is 13.5. The molecule has 0 spiro atoms. The summed E-state index contributed by atoms with van der Waals surface area (Å²) in [7, 11) is 1.53. The monoisotopic (exact) mass is 350 g/mol. The number of carbonyl (C=O) groups is 1. The van der Waals surface area contributed by atoms with Crippen molar-refractivity contribution in [1.82, 2.24) is 0 Å². The van der Waals surface area contributed by atoms with Crippen molar-refractivity contribution >= 4 is 21.7 Å². The second-order valence-corrected chi connectivity index (χ2v) is 5.85. The number of ketones is 1. The zero-order valence-corrected chi connectivity index (χ0v) is 14.0. The Hall–Kier alpha value is -1.68. The molecule has 0 fully saturated rings. The number of rotatable bonds is 3. The summed E-state index contributed by atoms with van der Waals surface area (Å²) in [6, 6.07) is 6.13. The van der Waals surface area contributed by atoms with Gasteiger partial charge in [-0.05, 0) is 55.7 Å². The smallest absolute Gasteiger partial charge is 0.197 e. The van der Waals surface area contributed by atoms with Gasteiger partial charge in [0, 0.05) is 10.0 Å². The molecule has 2 nitrogen and oxygen atoms in total. The second kappa shape index (κ2) is 5.98. The molecular formula is C17H16BrFO2. The summed E-state index contributed by atoms with van der Waals surface area (Å²) in [5.74, 6) is -0.123. The number of ether oxygens (including phenoxy) is 1. The van der Waals surface area contributed by atoms with E-state index in [-0.39, 0.29) is 5.78 Å². The third-order valence-corrected chi connectivity index (χ3v) is 4.36. The SMILES string of the molecule is COc1c(C)cc(Br)c(C)c1C(=O)c1cc(F)ccc1C. The van der Waals surface area contributed by atoms with Gasteiger partial charge >= 0.3 is 0 Å². The van der Waals surface area contributed by atoms with Crippen molar-refractivity contribution in [1.29, 1.82) is 0 Å². The van der Waals surface area contributed by atoms with Crippen LogP contribution in [-0.4, -0.2) is 12.9 Å². The average molecular weight is 351 g/mol. The van der Waals surface area contributed by atoms with Crippen molar-refractivity contribution in [2.45, 2.75) is 20.8 Å². The summed E-state index contributed by atoms with van der Waals surface area (Å²) in [6.07, 6.45) is 0. The largest absolute Gasteiger partial charge is 0.496 e. The predicted octanol–water partition coefficient (Wildman–Crippen LogP) is 4.75. The van der Waals surface area contributed by atoms with Crippen LogP contribution in [0.4, 0.5) is 4.39 Å². The molecule has 2 rings (SSSR count). The molecule has 4 heteroatoms. The summed E-state index contributed by atoms with van der Waals surface area (Å²) in [6.45, 7) is 5.51. The van der Waals surface area contributed by atoms with Gasteiger partial charge in [0.05, 0.1) is 12.7 Å². The minimum absolute atomic E-state index is 0.231. The van der Waals surface area contributed by atoms with E-state index >= 15 is 0 Å². The van der Waals surface area contributed by atoms with Crippen LogP contribution in [0.15, 0.2) is 28.7 Å². The molecule has 0 saturated heterocycles. The first kappa shape index (κ1) is 15.7. The molecule has 2 aromatic carbocycles. The van der Waals surface area contributed by atoms with Crippen LogP contribution < -0.4 is 4.74 Å². The van der Waals surface area contributed by atoms with E-state index in [4.69, 9.17) is 4.74 Å². The zero-order chi connectivity index (χ0) is 15.7. The highest BCUT2D eigenvalue weighted by Crippen LogP contribution is 2.34. The summed E-state index contributed by atoms with van der Waals surface area (Å²) in [5.41, 5.74) is 3.20. The Balaban J connectivity index is 2.71. The maximum absolute atomic E-state index is 13.5. The molecule has 2 aromatic rings. The molecule has 0 radical (unpaired) electrons. The van der Waals surface area contributed by atoms with Crippen LogP contribution >= 0.6 is 15.9 Å². The highest BCUT2D eigenvalue weighted by Gasteiger charge is 2.22. The average Bonchev–Trinajstić information content (AvgIpc) is 2.44. The Morgan fingerprint density at radius 1 is 1.14 bits per heavy atom. The Kier molecular flexibility index (Phi) is 4.47. The molecular weight excluding hydrogens is 335 g/mol. The highest BCUT2D eigenvalue weighted by molar-refractivity contribution is 9.10. The number of halogens is 2. The molecule has 0 unspecified atom stereocenters. The Labute approximate surface area is 132 Å². The van der Waals surface area contributed by atoms with Crippen molar-refractivity contribution in [3.05, 3.63) is 62.4 Å². The van der Waals surface area contributed by atoms with Gasteiger partial charge < -0.3 is 4.74 Å². The van der Waals surface area contributed by atoms with E-state index in [9.17, 15) is 9.18 Å². The highest BCUT2D eigenvalue weighted by atomic mass is 79.9. The van der Waals surface area contributed by atoms with Crippen molar-refractivity contribution in [3.8, 4) is 5.75 Å². The molecule has 0 N–H and O–H groups in total. The first-order valence-electron chi connectivity index (χ1n) is 6.51. The Bertz CT molecular complexity index is 723. The topological polar surface area (TPSA) is 26.3 Å². The number of hydrogen-bond donors (Lipinski definition) is 0. The van der Waals surface area contributed by atoms with Crippen LogP contribution in [0.1, 0.15) is 32.6 Å². The predicted molar refractivity (Wildman–Crippen MR) is 84.7 cm³/mol. The molecule has 110 valence electrons. The van der Waals surface area contributed by atoms with Gasteiger partial charge in [0.1, 0.15) is 11.6 Å². The fraction of sp³-hybridized carbons (Fsp3) is 0.235. The van der Waals surface area contributed by atoms with Gasteiger partial charge in [-0.3, -0.25) is 4.79 Å². The molecule has 0 aliphatic rings. The van der Waals surface area contributed by atoms with Gasteiger partial charge in [-0.2, -0.15) is 0 Å². The molecule has 0 saturated carbocycles. The molecule has 0 amide bonds. The molecule has 0 bridgehead atoms. The standard InChI is InChI=1S/C17H16BrFO2/c1-9-5-6-12(19)8-13(9)16(20)15-11(3)14(18)7-10(2)17(15)21-4/h5-8H,1-4H3. The lowest BCUT2D eigenvalue weighted by atomic mass is 9.93. The molecule has 0 atom stereocenters. The normalized spacial score (nSPS) is 10.6. The van der Waals surface area contributed by atoms with E-state index in [1.54, 1.807) is 13.0 Å². The molecule has 21 heavy (non-hydrogen) atoms. The van der Waals surface area contributed by atoms with Gasteiger partial charge in [0.15, 0.2) is 5.78 Å². The first-order valence-corrected chi connectivity index (χ1v) is 7.30. The number of aryl methyl sites for hydroxylation is 2. The van der Waals surface area contributed by atoms with Crippen LogP contribution in [-0.2, 0) is 0 Å². The van der Waals surface area contributed by atoms with E-state index in [0.717, 1.165) is 21.2 Å². The second-order valence-electron chi connectivity index (χ2n) is 5.00. The van der Waals surface area contributed by atoms with Gasteiger partial charge in [-0.25, -0.2) is 4.39 Å². The van der Waals surface area contributed by atoms with Crippen LogP contribution in [0.25, 0.3) is 0 Å². The quantitative estimate of drug-likeness (QED) is 0.746. The third kappa shape index (κ3) is 2.86. The number of benzene rings is 2. The fourth-order valence-electron chi connectivity index (χ4n) is 2.36.